The van der Waals surface area contributed by atoms with Crippen LogP contribution in [-0.2, 0) is 0 Å². The zero-order chi connectivity index (χ0) is 6.27. The lowest BCUT2D eigenvalue weighted by Gasteiger charge is -2.49. The highest BCUT2D eigenvalue weighted by molar-refractivity contribution is 5.85. The topological polar surface area (TPSA) is 15.3 Å². The van der Waals surface area contributed by atoms with Crippen molar-refractivity contribution in [3.05, 3.63) is 0 Å². The highest BCUT2D eigenvalue weighted by atomic mass is 35.5. The van der Waals surface area contributed by atoms with Gasteiger partial charge in [-0.3, -0.25) is 0 Å². The van der Waals surface area contributed by atoms with E-state index in [0.717, 1.165) is 12.0 Å². The number of piperidine rings is 1. The Bertz CT molecular complexity index is 119. The second-order valence-corrected chi connectivity index (χ2v) is 3.26. The molecule has 2 nitrogen and oxygen atoms in total. The molecular formula is C7H16Cl2N2. The van der Waals surface area contributed by atoms with E-state index in [0.29, 0.717) is 0 Å². The van der Waals surface area contributed by atoms with Crippen LogP contribution < -0.4 is 5.32 Å². The Morgan fingerprint density at radius 3 is 2.55 bits per heavy atom. The van der Waals surface area contributed by atoms with Crippen LogP contribution in [0.5, 0.6) is 0 Å². The minimum absolute atomic E-state index is 0. The highest BCUT2D eigenvalue weighted by Gasteiger charge is 2.37. The van der Waals surface area contributed by atoms with E-state index in [1.807, 2.05) is 0 Å². The van der Waals surface area contributed by atoms with Crippen LogP contribution in [-0.4, -0.2) is 37.6 Å². The van der Waals surface area contributed by atoms with Gasteiger partial charge in [-0.15, -0.1) is 24.8 Å². The number of hydrogen-bond acceptors (Lipinski definition) is 2. The van der Waals surface area contributed by atoms with Gasteiger partial charge in [-0.2, -0.15) is 0 Å². The second-order valence-electron chi connectivity index (χ2n) is 3.26. The zero-order valence-corrected chi connectivity index (χ0v) is 8.38. The normalized spacial score (nSPS) is 35.7. The van der Waals surface area contributed by atoms with Crippen LogP contribution in [0.2, 0.25) is 0 Å². The summed E-state index contributed by atoms with van der Waals surface area (Å²) in [6.07, 6.45) is 1.36. The molecule has 0 bridgehead atoms. The number of rotatable bonds is 0. The molecule has 68 valence electrons. The summed E-state index contributed by atoms with van der Waals surface area (Å²) in [6, 6.07) is 0.922. The molecule has 2 atom stereocenters. The van der Waals surface area contributed by atoms with E-state index in [9.17, 15) is 0 Å². The Hall–Kier alpha value is 0.500. The lowest BCUT2D eigenvalue weighted by Crippen LogP contribution is -2.60. The molecule has 0 aromatic carbocycles. The van der Waals surface area contributed by atoms with Gasteiger partial charge in [0.05, 0.1) is 0 Å². The first-order chi connectivity index (χ1) is 4.38. The number of halogens is 2. The fraction of sp³-hybridized carbons (Fsp3) is 1.00. The third-order valence-corrected chi connectivity index (χ3v) is 2.66. The summed E-state index contributed by atoms with van der Waals surface area (Å²) in [6.45, 7) is 3.80. The number of hydrogen-bond donors (Lipinski definition) is 1. The quantitative estimate of drug-likeness (QED) is 0.619. The van der Waals surface area contributed by atoms with Crippen LogP contribution in [0.3, 0.4) is 0 Å². The molecular weight excluding hydrogens is 183 g/mol. The zero-order valence-electron chi connectivity index (χ0n) is 6.75. The second kappa shape index (κ2) is 4.51. The van der Waals surface area contributed by atoms with Crippen molar-refractivity contribution in [2.45, 2.75) is 12.5 Å². The smallest absolute Gasteiger partial charge is 0.0157 e. The van der Waals surface area contributed by atoms with E-state index < -0.39 is 0 Å². The SMILES string of the molecule is CN1C[C@@H]2CNCC[C@H]21.Cl.Cl. The standard InChI is InChI=1S/C7H14N2.2ClH/c1-9-5-6-4-8-3-2-7(6)9;;/h6-8H,2-5H2,1H3;2*1H/t6-,7+;;/m0../s1. The van der Waals surface area contributed by atoms with Crippen molar-refractivity contribution in [3.8, 4) is 0 Å². The minimum Gasteiger partial charge on any atom is -0.316 e. The molecule has 2 aliphatic heterocycles. The molecule has 0 amide bonds. The molecule has 0 aromatic heterocycles. The molecule has 0 aliphatic carbocycles. The van der Waals surface area contributed by atoms with Gasteiger partial charge in [0.15, 0.2) is 0 Å². The van der Waals surface area contributed by atoms with Crippen molar-refractivity contribution in [1.82, 2.24) is 10.2 Å². The van der Waals surface area contributed by atoms with E-state index in [1.165, 1.54) is 26.1 Å². The molecule has 11 heavy (non-hydrogen) atoms. The average Bonchev–Trinajstić information content (AvgIpc) is 1.86. The first-order valence-corrected chi connectivity index (χ1v) is 3.79. The van der Waals surface area contributed by atoms with Gasteiger partial charge in [-0.1, -0.05) is 0 Å². The first kappa shape index (κ1) is 11.5. The molecule has 4 heteroatoms. The number of nitrogens with one attached hydrogen (secondary N) is 1. The van der Waals surface area contributed by atoms with E-state index in [2.05, 4.69) is 17.3 Å². The predicted molar refractivity (Wildman–Crippen MR) is 51.9 cm³/mol. The fourth-order valence-corrected chi connectivity index (χ4v) is 2.04. The minimum atomic E-state index is 0. The highest BCUT2D eigenvalue weighted by Crippen LogP contribution is 2.26. The van der Waals surface area contributed by atoms with Crippen LogP contribution in [0.25, 0.3) is 0 Å². The maximum atomic E-state index is 3.41. The molecule has 0 spiro atoms. The molecule has 2 aliphatic rings. The Kier molecular flexibility index (Phi) is 4.71. The monoisotopic (exact) mass is 198 g/mol. The van der Waals surface area contributed by atoms with Crippen LogP contribution in [0.1, 0.15) is 6.42 Å². The number of fused-ring (bicyclic) bond motifs is 1. The van der Waals surface area contributed by atoms with E-state index in [1.54, 1.807) is 0 Å². The van der Waals surface area contributed by atoms with E-state index in [4.69, 9.17) is 0 Å². The van der Waals surface area contributed by atoms with Crippen LogP contribution >= 0.6 is 24.8 Å². The molecule has 0 unspecified atom stereocenters. The van der Waals surface area contributed by atoms with Gasteiger partial charge < -0.3 is 10.2 Å². The van der Waals surface area contributed by atoms with Gasteiger partial charge >= 0.3 is 0 Å². The van der Waals surface area contributed by atoms with Gasteiger partial charge in [-0.25, -0.2) is 0 Å². The average molecular weight is 199 g/mol. The summed E-state index contributed by atoms with van der Waals surface area (Å²) >= 11 is 0. The maximum absolute atomic E-state index is 3.41. The summed E-state index contributed by atoms with van der Waals surface area (Å²) in [5.41, 5.74) is 0. The van der Waals surface area contributed by atoms with Gasteiger partial charge in [0, 0.05) is 19.1 Å². The fourth-order valence-electron chi connectivity index (χ4n) is 2.04. The molecule has 2 fully saturated rings. The third-order valence-electron chi connectivity index (χ3n) is 2.66. The Labute approximate surface area is 80.5 Å². The van der Waals surface area contributed by atoms with Crippen molar-refractivity contribution in [3.63, 3.8) is 0 Å². The van der Waals surface area contributed by atoms with Crippen LogP contribution in [0.4, 0.5) is 0 Å². The molecule has 0 aromatic rings. The molecule has 2 saturated heterocycles. The Morgan fingerprint density at radius 1 is 1.36 bits per heavy atom. The number of nitrogens with zero attached hydrogens (tertiary/aromatic N) is 1. The van der Waals surface area contributed by atoms with Crippen LogP contribution in [0, 0.1) is 5.92 Å². The Balaban J connectivity index is 0.000000500. The third kappa shape index (κ3) is 2.00. The first-order valence-electron chi connectivity index (χ1n) is 3.79. The summed E-state index contributed by atoms with van der Waals surface area (Å²) in [5.74, 6) is 0.976. The van der Waals surface area contributed by atoms with E-state index >= 15 is 0 Å². The van der Waals surface area contributed by atoms with Crippen molar-refractivity contribution >= 4 is 24.8 Å². The molecule has 0 saturated carbocycles. The lowest BCUT2D eigenvalue weighted by atomic mass is 9.84. The lowest BCUT2D eigenvalue weighted by molar-refractivity contribution is 0.0186. The Morgan fingerprint density at radius 2 is 2.09 bits per heavy atom. The molecule has 1 N–H and O–H groups in total. The van der Waals surface area contributed by atoms with Gasteiger partial charge in [0.2, 0.25) is 0 Å². The van der Waals surface area contributed by atoms with Crippen LogP contribution in [0.15, 0.2) is 0 Å². The molecule has 0 radical (unpaired) electrons. The molecule has 2 heterocycles. The molecule has 2 rings (SSSR count). The van der Waals surface area contributed by atoms with Crippen molar-refractivity contribution in [2.75, 3.05) is 26.7 Å². The van der Waals surface area contributed by atoms with Gasteiger partial charge in [0.1, 0.15) is 0 Å². The summed E-state index contributed by atoms with van der Waals surface area (Å²) < 4.78 is 0. The van der Waals surface area contributed by atoms with Crippen molar-refractivity contribution in [1.29, 1.82) is 0 Å². The van der Waals surface area contributed by atoms with Crippen molar-refractivity contribution in [2.24, 2.45) is 5.92 Å². The maximum Gasteiger partial charge on any atom is 0.0157 e. The summed E-state index contributed by atoms with van der Waals surface area (Å²) in [7, 11) is 2.23. The van der Waals surface area contributed by atoms with E-state index in [-0.39, 0.29) is 24.8 Å². The van der Waals surface area contributed by atoms with Gasteiger partial charge in [-0.05, 0) is 25.9 Å². The summed E-state index contributed by atoms with van der Waals surface area (Å²) in [4.78, 5) is 2.46. The van der Waals surface area contributed by atoms with Crippen molar-refractivity contribution < 1.29 is 0 Å². The predicted octanol–water partition coefficient (Wildman–Crippen LogP) is 0.753. The summed E-state index contributed by atoms with van der Waals surface area (Å²) in [5, 5.41) is 3.41. The largest absolute Gasteiger partial charge is 0.316 e. The van der Waals surface area contributed by atoms with Gasteiger partial charge in [0.25, 0.3) is 0 Å². The number of likely N-dealkylation sites (tertiary alicyclic amines) is 1.